The van der Waals surface area contributed by atoms with E-state index in [2.05, 4.69) is 43.6 Å². The van der Waals surface area contributed by atoms with Crippen molar-refractivity contribution in [1.29, 1.82) is 0 Å². The molecule has 4 heterocycles. The van der Waals surface area contributed by atoms with Crippen LogP contribution in [-0.4, -0.2) is 63.4 Å². The fourth-order valence-electron chi connectivity index (χ4n) is 3.26. The molecule has 0 saturated carbocycles. The van der Waals surface area contributed by atoms with Gasteiger partial charge in [-0.1, -0.05) is 0 Å². The van der Waals surface area contributed by atoms with Crippen molar-refractivity contribution in [2.75, 3.05) is 31.1 Å². The second kappa shape index (κ2) is 6.33. The number of pyridine rings is 1. The van der Waals surface area contributed by atoms with E-state index in [0.717, 1.165) is 37.3 Å². The minimum Gasteiger partial charge on any atom is -0.492 e. The molecule has 0 spiro atoms. The summed E-state index contributed by atoms with van der Waals surface area (Å²) in [7, 11) is 0. The van der Waals surface area contributed by atoms with Gasteiger partial charge in [-0.05, 0) is 32.1 Å². The normalized spacial score (nSPS) is 19.2. The van der Waals surface area contributed by atoms with Crippen LogP contribution in [0.5, 0.6) is 5.88 Å². The molecule has 0 aromatic carbocycles. The predicted octanol–water partition coefficient (Wildman–Crippen LogP) is 2.30. The van der Waals surface area contributed by atoms with Gasteiger partial charge in [-0.3, -0.25) is 4.90 Å². The molecule has 0 unspecified atom stereocenters. The Labute approximate surface area is 146 Å². The van der Waals surface area contributed by atoms with Crippen LogP contribution < -0.4 is 4.90 Å². The fraction of sp³-hybridized carbons (Fsp3) is 0.389. The predicted molar refractivity (Wildman–Crippen MR) is 99.4 cm³/mol. The Bertz CT molecular complexity index is 830. The van der Waals surface area contributed by atoms with E-state index in [0.29, 0.717) is 23.5 Å². The van der Waals surface area contributed by atoms with E-state index in [-0.39, 0.29) is 5.88 Å². The first-order chi connectivity index (χ1) is 12.1. The van der Waals surface area contributed by atoms with Gasteiger partial charge in [-0.15, -0.1) is 0 Å². The number of imidazole rings is 1. The van der Waals surface area contributed by atoms with E-state index in [4.69, 9.17) is 0 Å². The third-order valence-corrected chi connectivity index (χ3v) is 4.77. The van der Waals surface area contributed by atoms with Crippen molar-refractivity contribution in [1.82, 2.24) is 19.9 Å². The third-order valence-electron chi connectivity index (χ3n) is 4.77. The summed E-state index contributed by atoms with van der Waals surface area (Å²) in [6, 6.07) is 4.41. The van der Waals surface area contributed by atoms with Crippen molar-refractivity contribution in [3.63, 3.8) is 0 Å². The van der Waals surface area contributed by atoms with E-state index < -0.39 is 0 Å². The van der Waals surface area contributed by atoms with E-state index in [9.17, 15) is 5.11 Å². The van der Waals surface area contributed by atoms with Crippen LogP contribution in [0.3, 0.4) is 0 Å². The molecule has 130 valence electrons. The Morgan fingerprint density at radius 2 is 2.04 bits per heavy atom. The molecule has 7 nitrogen and oxygen atoms in total. The number of rotatable bonds is 3. The minimum absolute atomic E-state index is 0.0135. The highest BCUT2D eigenvalue weighted by molar-refractivity contribution is 6.20. The Balaban J connectivity index is 1.54. The van der Waals surface area contributed by atoms with Gasteiger partial charge >= 0.3 is 0 Å². The molecule has 0 atom stereocenters. The summed E-state index contributed by atoms with van der Waals surface area (Å²) in [6.07, 6.45) is 5.36. The number of hydrogen-bond acceptors (Lipinski definition) is 6. The van der Waals surface area contributed by atoms with Crippen LogP contribution in [0.4, 0.5) is 11.8 Å². The summed E-state index contributed by atoms with van der Waals surface area (Å²) in [5.41, 5.74) is 2.47. The number of nitrogens with zero attached hydrogens (tertiary/aromatic N) is 5. The Hall–Kier alpha value is -2.67. The molecule has 25 heavy (non-hydrogen) atoms. The van der Waals surface area contributed by atoms with Crippen LogP contribution in [0.2, 0.25) is 0 Å². The minimum atomic E-state index is 0.0135. The molecule has 0 amide bonds. The van der Waals surface area contributed by atoms with Crippen molar-refractivity contribution < 1.29 is 5.11 Å². The maximum atomic E-state index is 10.2. The molecule has 2 aromatic heterocycles. The largest absolute Gasteiger partial charge is 0.492 e. The molecule has 2 aromatic rings. The van der Waals surface area contributed by atoms with Gasteiger partial charge < -0.3 is 15.0 Å². The number of fused-ring (bicyclic) bond motifs is 1. The Kier molecular flexibility index (Phi) is 4.01. The summed E-state index contributed by atoms with van der Waals surface area (Å²) in [6.45, 7) is 8.23. The fourth-order valence-corrected chi connectivity index (χ4v) is 3.26. The lowest BCUT2D eigenvalue weighted by Gasteiger charge is -2.36. The van der Waals surface area contributed by atoms with E-state index in [1.54, 1.807) is 12.4 Å². The first-order valence-corrected chi connectivity index (χ1v) is 8.61. The zero-order chi connectivity index (χ0) is 17.4. The van der Waals surface area contributed by atoms with E-state index in [1.165, 1.54) is 0 Å². The summed E-state index contributed by atoms with van der Waals surface area (Å²) in [5.74, 6) is 1.44. The molecule has 0 radical (unpaired) electrons. The molecule has 2 N–H and O–H groups in total. The molecular formula is C18H22N6O. The Morgan fingerprint density at radius 1 is 1.24 bits per heavy atom. The van der Waals surface area contributed by atoms with Crippen LogP contribution in [0, 0.1) is 0 Å². The topological polar surface area (TPSA) is 80.6 Å². The van der Waals surface area contributed by atoms with E-state index in [1.807, 2.05) is 18.2 Å². The first kappa shape index (κ1) is 15.8. The van der Waals surface area contributed by atoms with Gasteiger partial charge in [0.15, 0.2) is 5.82 Å². The van der Waals surface area contributed by atoms with Crippen molar-refractivity contribution in [3.8, 4) is 5.88 Å². The number of aromatic nitrogens is 3. The summed E-state index contributed by atoms with van der Waals surface area (Å²) in [5, 5.41) is 10.2. The van der Waals surface area contributed by atoms with Gasteiger partial charge in [0.1, 0.15) is 5.69 Å². The highest BCUT2D eigenvalue weighted by atomic mass is 16.3. The second-order valence-electron chi connectivity index (χ2n) is 6.65. The number of aromatic amines is 1. The lowest BCUT2D eigenvalue weighted by Crippen LogP contribution is -2.49. The highest BCUT2D eigenvalue weighted by Gasteiger charge is 2.22. The molecular weight excluding hydrogens is 316 g/mol. The monoisotopic (exact) mass is 338 g/mol. The van der Waals surface area contributed by atoms with E-state index >= 15 is 0 Å². The van der Waals surface area contributed by atoms with Gasteiger partial charge in [0.05, 0.1) is 0 Å². The number of anilines is 1. The van der Waals surface area contributed by atoms with Crippen LogP contribution in [-0.2, 0) is 0 Å². The summed E-state index contributed by atoms with van der Waals surface area (Å²) < 4.78 is 0. The van der Waals surface area contributed by atoms with Crippen LogP contribution >= 0.6 is 0 Å². The van der Waals surface area contributed by atoms with Crippen molar-refractivity contribution >= 4 is 29.6 Å². The molecule has 7 heteroatoms. The number of piperazine rings is 1. The lowest BCUT2D eigenvalue weighted by molar-refractivity contribution is 0.208. The standard InChI is InChI=1S/C18H22N6O/c1-12(2)23-6-8-24(9-7-23)18-21-15(17(25)22-18)10-13-11-20-16-14(13)4-3-5-19-16/h3-5,10-12,25H,6-9H2,1-2H3,(H,21,22). The second-order valence-corrected chi connectivity index (χ2v) is 6.65. The maximum Gasteiger partial charge on any atom is 0.238 e. The quantitative estimate of drug-likeness (QED) is 0.897. The Morgan fingerprint density at radius 3 is 2.80 bits per heavy atom. The first-order valence-electron chi connectivity index (χ1n) is 8.61. The number of H-pyrrole nitrogens is 1. The summed E-state index contributed by atoms with van der Waals surface area (Å²) >= 11 is 0. The summed E-state index contributed by atoms with van der Waals surface area (Å²) in [4.78, 5) is 20.7. The molecule has 0 bridgehead atoms. The smallest absolute Gasteiger partial charge is 0.238 e. The van der Waals surface area contributed by atoms with Crippen molar-refractivity contribution in [3.05, 3.63) is 29.6 Å². The number of allylic oxidation sites excluding steroid dienone is 1. The number of aromatic hydroxyl groups is 1. The molecule has 2 aliphatic heterocycles. The number of aliphatic imine (C=N–C) groups is 1. The molecule has 0 aliphatic carbocycles. The van der Waals surface area contributed by atoms with Gasteiger partial charge in [-0.25, -0.2) is 9.98 Å². The lowest BCUT2D eigenvalue weighted by atomic mass is 10.1. The number of nitrogens with one attached hydrogen (secondary N) is 1. The highest BCUT2D eigenvalue weighted by Crippen LogP contribution is 2.32. The van der Waals surface area contributed by atoms with Crippen LogP contribution in [0.25, 0.3) is 11.6 Å². The maximum absolute atomic E-state index is 10.2. The average Bonchev–Trinajstić information content (AvgIpc) is 3.20. The zero-order valence-corrected chi connectivity index (χ0v) is 14.5. The van der Waals surface area contributed by atoms with Gasteiger partial charge in [0, 0.05) is 55.8 Å². The van der Waals surface area contributed by atoms with Gasteiger partial charge in [0.2, 0.25) is 11.8 Å². The SMILES string of the molecule is CC(C)N1CCN(c2nc(O)c(C=C3C=Nc4ncccc43)[nH]2)CC1. The van der Waals surface area contributed by atoms with Crippen LogP contribution in [0.1, 0.15) is 25.1 Å². The molecule has 4 rings (SSSR count). The molecule has 1 fully saturated rings. The zero-order valence-electron chi connectivity index (χ0n) is 14.5. The number of hydrogen-bond donors (Lipinski definition) is 2. The van der Waals surface area contributed by atoms with Gasteiger partial charge in [-0.2, -0.15) is 4.98 Å². The average molecular weight is 338 g/mol. The van der Waals surface area contributed by atoms with Gasteiger partial charge in [0.25, 0.3) is 0 Å². The molecule has 2 aliphatic rings. The van der Waals surface area contributed by atoms with Crippen molar-refractivity contribution in [2.45, 2.75) is 19.9 Å². The third kappa shape index (κ3) is 3.02. The van der Waals surface area contributed by atoms with Crippen LogP contribution in [0.15, 0.2) is 23.3 Å². The van der Waals surface area contributed by atoms with Crippen molar-refractivity contribution in [2.24, 2.45) is 4.99 Å². The molecule has 1 saturated heterocycles.